The number of aliphatic hydroxyl groups is 4. The van der Waals surface area contributed by atoms with Crippen LogP contribution in [0.15, 0.2) is 0 Å². The lowest BCUT2D eigenvalue weighted by Gasteiger charge is -2.53. The Morgan fingerprint density at radius 1 is 1.14 bits per heavy atom. The lowest BCUT2D eigenvalue weighted by Crippen LogP contribution is -2.75. The van der Waals surface area contributed by atoms with E-state index in [1.807, 2.05) is 0 Å². The molecule has 1 fully saturated rings. The summed E-state index contributed by atoms with van der Waals surface area (Å²) in [5, 5.41) is 38.5. The van der Waals surface area contributed by atoms with Gasteiger partial charge in [-0.1, -0.05) is 0 Å². The van der Waals surface area contributed by atoms with Crippen molar-refractivity contribution in [3.63, 3.8) is 0 Å². The first-order valence-electron chi connectivity index (χ1n) is 4.53. The minimum Gasteiger partial charge on any atom is -0.404 e. The molecule has 0 spiro atoms. The molecule has 0 aromatic carbocycles. The highest BCUT2D eigenvalue weighted by atomic mass is 28.4. The third kappa shape index (κ3) is 1.52. The van der Waals surface area contributed by atoms with Crippen LogP contribution in [-0.4, -0.2) is 52.0 Å². The van der Waals surface area contributed by atoms with Gasteiger partial charge in [-0.3, -0.25) is 0 Å². The van der Waals surface area contributed by atoms with Crippen molar-refractivity contribution in [2.75, 3.05) is 0 Å². The molecule has 1 aliphatic heterocycles. The Kier molecular flexibility index (Phi) is 2.59. The van der Waals surface area contributed by atoms with Crippen LogP contribution in [0.3, 0.4) is 0 Å². The van der Waals surface area contributed by atoms with Crippen LogP contribution in [0.2, 0.25) is 13.1 Å². The van der Waals surface area contributed by atoms with Gasteiger partial charge in [0.1, 0.15) is 17.4 Å². The SMILES string of the molecule is CC1(C)O[Si](C)(C)C(O)C(O)C1(O)O. The third-order valence-corrected chi connectivity index (χ3v) is 5.60. The predicted octanol–water partition coefficient (Wildman–Crippen LogP) is -1.06. The van der Waals surface area contributed by atoms with Crippen molar-refractivity contribution in [3.05, 3.63) is 0 Å². The van der Waals surface area contributed by atoms with Gasteiger partial charge >= 0.3 is 0 Å². The summed E-state index contributed by atoms with van der Waals surface area (Å²) in [5.74, 6) is -2.42. The predicted molar refractivity (Wildman–Crippen MR) is 51.8 cm³/mol. The minimum atomic E-state index is -2.50. The molecule has 0 aromatic heterocycles. The summed E-state index contributed by atoms with van der Waals surface area (Å²) in [5.41, 5.74) is -2.48. The molecule has 0 aliphatic carbocycles. The maximum atomic E-state index is 9.64. The third-order valence-electron chi connectivity index (χ3n) is 2.83. The van der Waals surface area contributed by atoms with Crippen LogP contribution >= 0.6 is 0 Å². The van der Waals surface area contributed by atoms with Crippen molar-refractivity contribution in [1.29, 1.82) is 0 Å². The Bertz CT molecular complexity index is 238. The fourth-order valence-corrected chi connectivity index (χ4v) is 4.33. The molecular formula is C8H18O5Si. The summed E-state index contributed by atoms with van der Waals surface area (Å²) in [7, 11) is -2.50. The van der Waals surface area contributed by atoms with E-state index in [0.717, 1.165) is 0 Å². The van der Waals surface area contributed by atoms with E-state index in [2.05, 4.69) is 0 Å². The molecule has 1 heterocycles. The Morgan fingerprint density at radius 3 is 2.00 bits per heavy atom. The zero-order valence-corrected chi connectivity index (χ0v) is 9.85. The van der Waals surface area contributed by atoms with Gasteiger partial charge in [-0.25, -0.2) is 0 Å². The minimum absolute atomic E-state index is 1.20. The number of hydrogen-bond acceptors (Lipinski definition) is 5. The van der Waals surface area contributed by atoms with Gasteiger partial charge in [0.15, 0.2) is 0 Å². The van der Waals surface area contributed by atoms with Gasteiger partial charge in [-0.05, 0) is 26.9 Å². The van der Waals surface area contributed by atoms with Gasteiger partial charge in [-0.15, -0.1) is 0 Å². The summed E-state index contributed by atoms with van der Waals surface area (Å²) >= 11 is 0. The van der Waals surface area contributed by atoms with E-state index in [-0.39, 0.29) is 0 Å². The molecule has 0 radical (unpaired) electrons. The Labute approximate surface area is 84.1 Å². The van der Waals surface area contributed by atoms with Gasteiger partial charge in [0.05, 0.1) is 0 Å². The first-order chi connectivity index (χ1) is 6.02. The topological polar surface area (TPSA) is 90.2 Å². The van der Waals surface area contributed by atoms with Crippen LogP contribution in [0.5, 0.6) is 0 Å². The van der Waals surface area contributed by atoms with Crippen molar-refractivity contribution in [3.8, 4) is 0 Å². The fourth-order valence-electron chi connectivity index (χ4n) is 1.75. The maximum absolute atomic E-state index is 9.64. The molecule has 1 rings (SSSR count). The number of hydrogen-bond donors (Lipinski definition) is 4. The molecule has 14 heavy (non-hydrogen) atoms. The zero-order chi connectivity index (χ0) is 11.4. The van der Waals surface area contributed by atoms with Gasteiger partial charge in [0, 0.05) is 0 Å². The standard InChI is InChI=1S/C8H18O5Si/c1-7(2)8(11,12)5(9)6(10)14(3,4)13-7/h5-6,9-12H,1-4H3. The Balaban J connectivity index is 3.09. The number of rotatable bonds is 0. The Hall–Kier alpha value is 0.0169. The van der Waals surface area contributed by atoms with E-state index >= 15 is 0 Å². The van der Waals surface area contributed by atoms with E-state index < -0.39 is 31.5 Å². The van der Waals surface area contributed by atoms with E-state index in [0.29, 0.717) is 0 Å². The first-order valence-corrected chi connectivity index (χ1v) is 7.52. The van der Waals surface area contributed by atoms with Gasteiger partial charge in [0.2, 0.25) is 14.1 Å². The van der Waals surface area contributed by atoms with Crippen LogP contribution in [0.4, 0.5) is 0 Å². The molecule has 84 valence electrons. The summed E-state index contributed by atoms with van der Waals surface area (Å²) < 4.78 is 5.49. The highest BCUT2D eigenvalue weighted by Crippen LogP contribution is 2.38. The molecule has 0 aromatic rings. The second-order valence-corrected chi connectivity index (χ2v) is 8.83. The molecule has 0 bridgehead atoms. The fraction of sp³-hybridized carbons (Fsp3) is 1.00. The monoisotopic (exact) mass is 222 g/mol. The molecule has 2 unspecified atom stereocenters. The molecule has 1 aliphatic rings. The van der Waals surface area contributed by atoms with E-state index in [9.17, 15) is 20.4 Å². The second-order valence-electron chi connectivity index (χ2n) is 4.83. The summed E-state index contributed by atoms with van der Waals surface area (Å²) in [6.07, 6.45) is -1.59. The van der Waals surface area contributed by atoms with Crippen LogP contribution < -0.4 is 0 Å². The largest absolute Gasteiger partial charge is 0.404 e. The molecule has 5 nitrogen and oxygen atoms in total. The summed E-state index contributed by atoms with van der Waals surface area (Å²) in [6.45, 7) is 6.41. The van der Waals surface area contributed by atoms with E-state index in [1.54, 1.807) is 13.1 Å². The highest BCUT2D eigenvalue weighted by molar-refractivity contribution is 6.72. The van der Waals surface area contributed by atoms with Crippen molar-refractivity contribution in [2.45, 2.75) is 50.2 Å². The van der Waals surface area contributed by atoms with Crippen LogP contribution in [0, 0.1) is 0 Å². The van der Waals surface area contributed by atoms with Crippen molar-refractivity contribution in [2.24, 2.45) is 0 Å². The number of aliphatic hydroxyl groups excluding tert-OH is 2. The highest BCUT2D eigenvalue weighted by Gasteiger charge is 2.62. The van der Waals surface area contributed by atoms with Crippen molar-refractivity contribution < 1.29 is 24.9 Å². The summed E-state index contributed by atoms with van der Waals surface area (Å²) in [6, 6.07) is 0. The van der Waals surface area contributed by atoms with Gasteiger partial charge < -0.3 is 24.9 Å². The lowest BCUT2D eigenvalue weighted by molar-refractivity contribution is -0.324. The first kappa shape index (κ1) is 12.1. The van der Waals surface area contributed by atoms with E-state index in [1.165, 1.54) is 13.8 Å². The normalized spacial score (nSPS) is 39.4. The molecule has 4 N–H and O–H groups in total. The van der Waals surface area contributed by atoms with Crippen LogP contribution in [0.25, 0.3) is 0 Å². The molecular weight excluding hydrogens is 204 g/mol. The lowest BCUT2D eigenvalue weighted by atomic mass is 9.92. The Morgan fingerprint density at radius 2 is 1.57 bits per heavy atom. The molecule has 6 heteroatoms. The van der Waals surface area contributed by atoms with Crippen molar-refractivity contribution in [1.82, 2.24) is 0 Å². The van der Waals surface area contributed by atoms with Gasteiger partial charge in [0.25, 0.3) is 0 Å². The molecule has 0 amide bonds. The smallest absolute Gasteiger partial charge is 0.220 e. The quantitative estimate of drug-likeness (QED) is 0.310. The molecule has 1 saturated heterocycles. The van der Waals surface area contributed by atoms with Gasteiger partial charge in [-0.2, -0.15) is 0 Å². The average Bonchev–Trinajstić information content (AvgIpc) is 1.97. The van der Waals surface area contributed by atoms with E-state index in [4.69, 9.17) is 4.43 Å². The molecule has 0 saturated carbocycles. The maximum Gasteiger partial charge on any atom is 0.220 e. The zero-order valence-electron chi connectivity index (χ0n) is 8.85. The second kappa shape index (κ2) is 3.00. The molecule has 2 atom stereocenters. The van der Waals surface area contributed by atoms with Crippen molar-refractivity contribution >= 4 is 8.32 Å². The van der Waals surface area contributed by atoms with Crippen LogP contribution in [0.1, 0.15) is 13.8 Å². The summed E-state index contributed by atoms with van der Waals surface area (Å²) in [4.78, 5) is 0. The average molecular weight is 222 g/mol. The van der Waals surface area contributed by atoms with Crippen LogP contribution in [-0.2, 0) is 4.43 Å².